The van der Waals surface area contributed by atoms with Crippen LogP contribution in [0.1, 0.15) is 12.0 Å². The van der Waals surface area contributed by atoms with Crippen LogP contribution in [-0.4, -0.2) is 37.7 Å². The summed E-state index contributed by atoms with van der Waals surface area (Å²) in [6.07, 6.45) is -0.755. The molecule has 0 bridgehead atoms. The van der Waals surface area contributed by atoms with Crippen molar-refractivity contribution in [3.05, 3.63) is 42.5 Å². The maximum absolute atomic E-state index is 13.4. The molecule has 0 amide bonds. The number of aromatic nitrogens is 3. The van der Waals surface area contributed by atoms with E-state index in [0.717, 1.165) is 12.4 Å². The van der Waals surface area contributed by atoms with E-state index in [9.17, 15) is 18.3 Å². The fraction of sp³-hybridized carbons (Fsp3) is 0.231. The summed E-state index contributed by atoms with van der Waals surface area (Å²) in [5.41, 5.74) is 2.57. The fourth-order valence-corrected chi connectivity index (χ4v) is 2.14. The van der Waals surface area contributed by atoms with E-state index in [4.69, 9.17) is 5.73 Å². The summed E-state index contributed by atoms with van der Waals surface area (Å²) < 4.78 is 40.2. The molecule has 7 nitrogen and oxygen atoms in total. The minimum atomic E-state index is -4.95. The van der Waals surface area contributed by atoms with E-state index in [-0.39, 0.29) is 17.3 Å². The molecule has 0 spiro atoms. The Bertz CT molecular complexity index is 734. The molecule has 0 saturated carbocycles. The molecule has 0 saturated heterocycles. The predicted octanol–water partition coefficient (Wildman–Crippen LogP) is 1.32. The second-order valence-electron chi connectivity index (χ2n) is 4.89. The minimum Gasteiger partial charge on any atom is -0.382 e. The first kappa shape index (κ1) is 15.2. The second kappa shape index (κ2) is 5.16. The molecule has 0 aromatic carbocycles. The van der Waals surface area contributed by atoms with Crippen LogP contribution in [0.4, 0.5) is 24.8 Å². The van der Waals surface area contributed by atoms with Gasteiger partial charge in [-0.15, -0.1) is 0 Å². The van der Waals surface area contributed by atoms with E-state index >= 15 is 0 Å². The highest BCUT2D eigenvalue weighted by Gasteiger charge is 2.62. The molecular weight excluding hydrogens is 313 g/mol. The summed E-state index contributed by atoms with van der Waals surface area (Å²) in [4.78, 5) is 11.3. The number of nitrogens with zero attached hydrogens (tertiary/aromatic N) is 5. The highest BCUT2D eigenvalue weighted by molar-refractivity contribution is 6.03. The normalized spacial score (nSPS) is 21.4. The van der Waals surface area contributed by atoms with Gasteiger partial charge in [-0.25, -0.2) is 15.0 Å². The lowest BCUT2D eigenvalue weighted by molar-refractivity contribution is -0.254. The summed E-state index contributed by atoms with van der Waals surface area (Å²) >= 11 is 0. The lowest BCUT2D eigenvalue weighted by Crippen LogP contribution is -2.55. The van der Waals surface area contributed by atoms with Gasteiger partial charge in [0.2, 0.25) is 0 Å². The highest BCUT2D eigenvalue weighted by Crippen LogP contribution is 2.42. The Morgan fingerprint density at radius 1 is 1.22 bits per heavy atom. The van der Waals surface area contributed by atoms with Gasteiger partial charge in [-0.05, 0) is 6.07 Å². The molecule has 0 radical (unpaired) electrons. The van der Waals surface area contributed by atoms with Crippen molar-refractivity contribution in [1.82, 2.24) is 15.0 Å². The molecule has 2 aromatic heterocycles. The monoisotopic (exact) mass is 324 g/mol. The number of alkyl halides is 3. The molecule has 0 aliphatic carbocycles. The van der Waals surface area contributed by atoms with Crippen molar-refractivity contribution < 1.29 is 18.3 Å². The Kier molecular flexibility index (Phi) is 3.40. The Labute approximate surface area is 128 Å². The number of nitrogens with two attached hydrogens (primary N) is 1. The van der Waals surface area contributed by atoms with Gasteiger partial charge in [-0.1, -0.05) is 6.07 Å². The third kappa shape index (κ3) is 2.57. The van der Waals surface area contributed by atoms with Gasteiger partial charge in [0.15, 0.2) is 5.82 Å². The van der Waals surface area contributed by atoms with Crippen molar-refractivity contribution in [1.29, 1.82) is 0 Å². The van der Waals surface area contributed by atoms with Crippen molar-refractivity contribution in [2.45, 2.75) is 18.3 Å². The zero-order valence-corrected chi connectivity index (χ0v) is 11.6. The molecule has 1 unspecified atom stereocenters. The summed E-state index contributed by atoms with van der Waals surface area (Å²) in [7, 11) is 0. The van der Waals surface area contributed by atoms with E-state index in [1.165, 1.54) is 12.4 Å². The Hall–Kier alpha value is -2.75. The molecule has 10 heteroatoms. The molecule has 1 aliphatic rings. The smallest absolute Gasteiger partial charge is 0.382 e. The number of pyridine rings is 1. The van der Waals surface area contributed by atoms with Gasteiger partial charge in [-0.2, -0.15) is 18.3 Å². The van der Waals surface area contributed by atoms with Crippen molar-refractivity contribution in [3.63, 3.8) is 0 Å². The van der Waals surface area contributed by atoms with Crippen LogP contribution in [0, 0.1) is 0 Å². The van der Waals surface area contributed by atoms with Crippen LogP contribution in [0.2, 0.25) is 0 Å². The van der Waals surface area contributed by atoms with Gasteiger partial charge in [0, 0.05) is 18.0 Å². The maximum Gasteiger partial charge on any atom is 0.438 e. The second-order valence-corrected chi connectivity index (χ2v) is 4.89. The first-order valence-electron chi connectivity index (χ1n) is 6.46. The summed E-state index contributed by atoms with van der Waals surface area (Å²) in [5.74, 6) is -0.224. The Balaban J connectivity index is 2.07. The Morgan fingerprint density at radius 3 is 2.57 bits per heavy atom. The van der Waals surface area contributed by atoms with E-state index < -0.39 is 18.3 Å². The largest absolute Gasteiger partial charge is 0.438 e. The van der Waals surface area contributed by atoms with Gasteiger partial charge in [0.25, 0.3) is 5.72 Å². The average molecular weight is 324 g/mol. The lowest BCUT2D eigenvalue weighted by atomic mass is 10.0. The van der Waals surface area contributed by atoms with Crippen LogP contribution < -0.4 is 10.7 Å². The maximum atomic E-state index is 13.4. The standard InChI is InChI=1S/C13H11F3N6O/c14-13(15,16)12(23)4-9(8-2-1-3-18-5-8)21-22(12)11-7-19-10(17)6-20-11/h1-3,5-7,23H,4H2,(H2,17,19). The van der Waals surface area contributed by atoms with E-state index in [1.807, 2.05) is 0 Å². The summed E-state index contributed by atoms with van der Waals surface area (Å²) in [5, 5.41) is 14.5. The highest BCUT2D eigenvalue weighted by atomic mass is 19.4. The SMILES string of the molecule is Nc1cnc(N2N=C(c3cccnc3)CC2(O)C(F)(F)F)cn1. The Morgan fingerprint density at radius 2 is 2.00 bits per heavy atom. The van der Waals surface area contributed by atoms with Gasteiger partial charge in [0.05, 0.1) is 24.5 Å². The van der Waals surface area contributed by atoms with Crippen LogP contribution in [0.15, 0.2) is 42.0 Å². The van der Waals surface area contributed by atoms with Crippen molar-refractivity contribution in [3.8, 4) is 0 Å². The summed E-state index contributed by atoms with van der Waals surface area (Å²) in [6.45, 7) is 0. The number of hydrogen-bond donors (Lipinski definition) is 2. The molecule has 2 aromatic rings. The molecule has 3 N–H and O–H groups in total. The zero-order valence-electron chi connectivity index (χ0n) is 11.6. The molecule has 1 atom stereocenters. The zero-order chi connectivity index (χ0) is 16.7. The molecule has 120 valence electrons. The van der Waals surface area contributed by atoms with Gasteiger partial charge >= 0.3 is 6.18 Å². The van der Waals surface area contributed by atoms with E-state index in [1.54, 1.807) is 12.1 Å². The number of halogens is 3. The topological polar surface area (TPSA) is 101 Å². The number of anilines is 2. The van der Waals surface area contributed by atoms with E-state index in [2.05, 4.69) is 20.1 Å². The molecule has 23 heavy (non-hydrogen) atoms. The van der Waals surface area contributed by atoms with Crippen LogP contribution in [0.25, 0.3) is 0 Å². The quantitative estimate of drug-likeness (QED) is 0.864. The van der Waals surface area contributed by atoms with Crippen LogP contribution in [0.3, 0.4) is 0 Å². The number of nitrogen functional groups attached to an aromatic ring is 1. The molecular formula is C13H11F3N6O. The van der Waals surface area contributed by atoms with Crippen molar-refractivity contribution in [2.75, 3.05) is 10.7 Å². The number of aliphatic hydroxyl groups is 1. The summed E-state index contributed by atoms with van der Waals surface area (Å²) in [6, 6.07) is 3.12. The van der Waals surface area contributed by atoms with Gasteiger partial charge in [-0.3, -0.25) is 4.98 Å². The van der Waals surface area contributed by atoms with Crippen molar-refractivity contribution in [2.24, 2.45) is 5.10 Å². The third-order valence-electron chi connectivity index (χ3n) is 3.31. The number of hydrazone groups is 1. The van der Waals surface area contributed by atoms with Crippen LogP contribution in [0.5, 0.6) is 0 Å². The first-order valence-corrected chi connectivity index (χ1v) is 6.46. The molecule has 0 fully saturated rings. The van der Waals surface area contributed by atoms with Crippen molar-refractivity contribution >= 4 is 17.3 Å². The lowest BCUT2D eigenvalue weighted by Gasteiger charge is -2.32. The molecule has 3 heterocycles. The molecule has 1 aliphatic heterocycles. The van der Waals surface area contributed by atoms with Gasteiger partial charge < -0.3 is 10.8 Å². The minimum absolute atomic E-state index is 0.0385. The number of rotatable bonds is 2. The van der Waals surface area contributed by atoms with Crippen LogP contribution >= 0.6 is 0 Å². The van der Waals surface area contributed by atoms with Gasteiger partial charge in [0.1, 0.15) is 5.82 Å². The first-order chi connectivity index (χ1) is 10.8. The number of hydrogen-bond acceptors (Lipinski definition) is 7. The fourth-order valence-electron chi connectivity index (χ4n) is 2.14. The van der Waals surface area contributed by atoms with E-state index in [0.29, 0.717) is 10.6 Å². The predicted molar refractivity (Wildman–Crippen MR) is 75.3 cm³/mol. The van der Waals surface area contributed by atoms with Crippen LogP contribution in [-0.2, 0) is 0 Å². The molecule has 3 rings (SSSR count). The third-order valence-corrected chi connectivity index (χ3v) is 3.31. The average Bonchev–Trinajstić information content (AvgIpc) is 2.88.